The summed E-state index contributed by atoms with van der Waals surface area (Å²) in [5.41, 5.74) is 0.398. The van der Waals surface area contributed by atoms with E-state index in [1.54, 1.807) is 28.8 Å². The molecule has 2 rings (SSSR count). The van der Waals surface area contributed by atoms with Gasteiger partial charge in [0.05, 0.1) is 5.75 Å². The summed E-state index contributed by atoms with van der Waals surface area (Å²) in [6, 6.07) is 6.94. The lowest BCUT2D eigenvalue weighted by Crippen LogP contribution is -2.19. The van der Waals surface area contributed by atoms with Crippen molar-refractivity contribution < 1.29 is 4.79 Å². The Labute approximate surface area is 137 Å². The summed E-state index contributed by atoms with van der Waals surface area (Å²) in [4.78, 5) is 23.6. The van der Waals surface area contributed by atoms with Gasteiger partial charge in [0.1, 0.15) is 0 Å². The molecule has 2 N–H and O–H groups in total. The van der Waals surface area contributed by atoms with Crippen molar-refractivity contribution in [3.05, 3.63) is 39.8 Å². The Morgan fingerprint density at radius 3 is 3.05 bits per heavy atom. The van der Waals surface area contributed by atoms with E-state index in [-0.39, 0.29) is 17.3 Å². The number of hydrogen-bond donors (Lipinski definition) is 2. The van der Waals surface area contributed by atoms with Gasteiger partial charge in [0.25, 0.3) is 0 Å². The van der Waals surface area contributed by atoms with Crippen molar-refractivity contribution >= 4 is 35.0 Å². The molecular weight excluding hydrogens is 324 g/mol. The highest BCUT2D eigenvalue weighted by atomic mass is 35.5. The first-order chi connectivity index (χ1) is 10.6. The first-order valence-electron chi connectivity index (χ1n) is 6.93. The normalized spacial score (nSPS) is 10.6. The van der Waals surface area contributed by atoms with E-state index in [2.05, 4.69) is 22.4 Å². The highest BCUT2D eigenvalue weighted by Crippen LogP contribution is 2.17. The van der Waals surface area contributed by atoms with Gasteiger partial charge < -0.3 is 5.32 Å². The Bertz CT molecular complexity index is 698. The van der Waals surface area contributed by atoms with Crippen LogP contribution in [0.1, 0.15) is 19.8 Å². The minimum atomic E-state index is -0.244. The van der Waals surface area contributed by atoms with Crippen LogP contribution in [0.3, 0.4) is 0 Å². The first-order valence-corrected chi connectivity index (χ1v) is 8.30. The van der Waals surface area contributed by atoms with Gasteiger partial charge in [-0.1, -0.05) is 42.8 Å². The van der Waals surface area contributed by atoms with Crippen molar-refractivity contribution in [2.45, 2.75) is 31.5 Å². The molecule has 0 aliphatic rings. The lowest BCUT2D eigenvalue weighted by atomic mass is 10.3. The summed E-state index contributed by atoms with van der Waals surface area (Å²) in [5, 5.41) is 10.2. The number of nitrogens with zero attached hydrogens (tertiary/aromatic N) is 2. The fourth-order valence-corrected chi connectivity index (χ4v) is 2.78. The Balaban J connectivity index is 1.92. The van der Waals surface area contributed by atoms with E-state index in [1.165, 1.54) is 11.8 Å². The average molecular weight is 341 g/mol. The third kappa shape index (κ3) is 4.64. The number of amides is 1. The standard InChI is InChI=1S/C14H17ClN4O2S/c1-2-3-7-19-13(21)17-18-14(19)22-9-12(20)16-11-6-4-5-10(15)8-11/h4-6,8H,2-3,7,9H2,1H3,(H,16,20)(H,17,21). The van der Waals surface area contributed by atoms with Crippen LogP contribution < -0.4 is 11.0 Å². The Morgan fingerprint density at radius 1 is 1.50 bits per heavy atom. The lowest BCUT2D eigenvalue weighted by molar-refractivity contribution is -0.113. The van der Waals surface area contributed by atoms with Gasteiger partial charge in [0, 0.05) is 17.3 Å². The molecule has 0 fully saturated rings. The van der Waals surface area contributed by atoms with Crippen molar-refractivity contribution in [2.75, 3.05) is 11.1 Å². The van der Waals surface area contributed by atoms with Crippen LogP contribution in [0.4, 0.5) is 5.69 Å². The molecule has 22 heavy (non-hydrogen) atoms. The van der Waals surface area contributed by atoms with Gasteiger partial charge in [-0.25, -0.2) is 9.89 Å². The van der Waals surface area contributed by atoms with E-state index in [0.717, 1.165) is 12.8 Å². The molecule has 0 spiro atoms. The van der Waals surface area contributed by atoms with Crippen LogP contribution in [0.25, 0.3) is 0 Å². The fraction of sp³-hybridized carbons (Fsp3) is 0.357. The van der Waals surface area contributed by atoms with E-state index < -0.39 is 0 Å². The van der Waals surface area contributed by atoms with Crippen LogP contribution in [0, 0.1) is 0 Å². The van der Waals surface area contributed by atoms with Crippen LogP contribution in [-0.2, 0) is 11.3 Å². The van der Waals surface area contributed by atoms with Gasteiger partial charge in [-0.2, -0.15) is 0 Å². The van der Waals surface area contributed by atoms with Gasteiger partial charge in [0.15, 0.2) is 5.16 Å². The summed E-state index contributed by atoms with van der Waals surface area (Å²) >= 11 is 7.09. The molecular formula is C14H17ClN4O2S. The van der Waals surface area contributed by atoms with Crippen LogP contribution >= 0.6 is 23.4 Å². The summed E-state index contributed by atoms with van der Waals surface area (Å²) in [7, 11) is 0. The number of H-pyrrole nitrogens is 1. The number of hydrogen-bond acceptors (Lipinski definition) is 4. The molecule has 1 amide bonds. The zero-order valence-electron chi connectivity index (χ0n) is 12.1. The predicted molar refractivity (Wildman–Crippen MR) is 88.6 cm³/mol. The number of anilines is 1. The number of nitrogens with one attached hydrogen (secondary N) is 2. The Morgan fingerprint density at radius 2 is 2.32 bits per heavy atom. The molecule has 8 heteroatoms. The van der Waals surface area contributed by atoms with Gasteiger partial charge in [-0.05, 0) is 24.6 Å². The van der Waals surface area contributed by atoms with E-state index in [0.29, 0.717) is 22.4 Å². The smallest absolute Gasteiger partial charge is 0.325 e. The molecule has 0 atom stereocenters. The number of carbonyl (C=O) groups is 1. The second kappa shape index (κ2) is 8.05. The van der Waals surface area contributed by atoms with Crippen molar-refractivity contribution in [1.82, 2.24) is 14.8 Å². The maximum absolute atomic E-state index is 11.9. The molecule has 1 aromatic carbocycles. The maximum atomic E-state index is 11.9. The number of rotatable bonds is 7. The second-order valence-corrected chi connectivity index (χ2v) is 6.04. The Hall–Kier alpha value is -1.73. The third-order valence-electron chi connectivity index (χ3n) is 2.90. The van der Waals surface area contributed by atoms with Gasteiger partial charge in [-0.3, -0.25) is 9.36 Å². The largest absolute Gasteiger partial charge is 0.343 e. The molecule has 0 aliphatic heterocycles. The van der Waals surface area contributed by atoms with Crippen LogP contribution in [0.2, 0.25) is 5.02 Å². The summed E-state index contributed by atoms with van der Waals surface area (Å²) in [5.74, 6) is -0.00658. The van der Waals surface area contributed by atoms with Crippen molar-refractivity contribution in [1.29, 1.82) is 0 Å². The molecule has 1 heterocycles. The molecule has 1 aromatic heterocycles. The number of aromatic nitrogens is 3. The van der Waals surface area contributed by atoms with Crippen LogP contribution in [0.5, 0.6) is 0 Å². The van der Waals surface area contributed by atoms with Crippen LogP contribution in [0.15, 0.2) is 34.2 Å². The molecule has 0 unspecified atom stereocenters. The quantitative estimate of drug-likeness (QED) is 0.759. The number of carbonyl (C=O) groups excluding carboxylic acids is 1. The molecule has 0 radical (unpaired) electrons. The molecule has 0 bridgehead atoms. The zero-order chi connectivity index (χ0) is 15.9. The monoisotopic (exact) mass is 340 g/mol. The van der Waals surface area contributed by atoms with Crippen LogP contribution in [-0.4, -0.2) is 26.4 Å². The van der Waals surface area contributed by atoms with E-state index in [9.17, 15) is 9.59 Å². The van der Waals surface area contributed by atoms with E-state index >= 15 is 0 Å². The molecule has 0 saturated heterocycles. The van der Waals surface area contributed by atoms with Gasteiger partial charge in [0.2, 0.25) is 5.91 Å². The SMILES string of the molecule is CCCCn1c(SCC(=O)Nc2cccc(Cl)c2)n[nH]c1=O. The van der Waals surface area contributed by atoms with Gasteiger partial charge >= 0.3 is 5.69 Å². The summed E-state index contributed by atoms with van der Waals surface area (Å²) < 4.78 is 1.56. The molecule has 2 aromatic rings. The van der Waals surface area contributed by atoms with Crippen molar-refractivity contribution in [3.63, 3.8) is 0 Å². The minimum absolute atomic E-state index is 0.170. The topological polar surface area (TPSA) is 79.8 Å². The van der Waals surface area contributed by atoms with Gasteiger partial charge in [-0.15, -0.1) is 5.10 Å². The Kier molecular flexibility index (Phi) is 6.09. The number of unbranched alkanes of at least 4 members (excludes halogenated alkanes) is 1. The maximum Gasteiger partial charge on any atom is 0.343 e. The molecule has 6 nitrogen and oxygen atoms in total. The van der Waals surface area contributed by atoms with Crippen molar-refractivity contribution in [2.24, 2.45) is 0 Å². The fourth-order valence-electron chi connectivity index (χ4n) is 1.82. The minimum Gasteiger partial charge on any atom is -0.325 e. The predicted octanol–water partition coefficient (Wildman–Crippen LogP) is 2.76. The summed E-state index contributed by atoms with van der Waals surface area (Å²) in [6.07, 6.45) is 1.87. The second-order valence-electron chi connectivity index (χ2n) is 4.66. The van der Waals surface area contributed by atoms with E-state index in [1.807, 2.05) is 0 Å². The highest BCUT2D eigenvalue weighted by Gasteiger charge is 2.11. The zero-order valence-corrected chi connectivity index (χ0v) is 13.7. The number of aromatic amines is 1. The highest BCUT2D eigenvalue weighted by molar-refractivity contribution is 7.99. The molecule has 0 saturated carbocycles. The lowest BCUT2D eigenvalue weighted by Gasteiger charge is -2.06. The number of benzene rings is 1. The summed E-state index contributed by atoms with van der Waals surface area (Å²) in [6.45, 7) is 2.65. The van der Waals surface area contributed by atoms with Crippen molar-refractivity contribution in [3.8, 4) is 0 Å². The molecule has 118 valence electrons. The van der Waals surface area contributed by atoms with E-state index in [4.69, 9.17) is 11.6 Å². The first kappa shape index (κ1) is 16.6. The molecule has 0 aliphatic carbocycles. The number of thioether (sulfide) groups is 1. The third-order valence-corrected chi connectivity index (χ3v) is 4.11. The number of halogens is 1. The average Bonchev–Trinajstić information content (AvgIpc) is 2.83.